The summed E-state index contributed by atoms with van der Waals surface area (Å²) in [6, 6.07) is 5.55. The van der Waals surface area contributed by atoms with Crippen LogP contribution in [0.1, 0.15) is 38.3 Å². The lowest BCUT2D eigenvalue weighted by Crippen LogP contribution is -2.25. The van der Waals surface area contributed by atoms with E-state index in [-0.39, 0.29) is 11.5 Å². The minimum atomic E-state index is -0.0346. The molecule has 0 radical (unpaired) electrons. The molecule has 0 aliphatic rings. The lowest BCUT2D eigenvalue weighted by molar-refractivity contribution is -0.121. The number of aryl methyl sites for hydroxylation is 1. The van der Waals surface area contributed by atoms with Gasteiger partial charge in [0.2, 0.25) is 11.7 Å². The molecule has 0 bridgehead atoms. The number of hydrogen-bond donors (Lipinski definition) is 1. The van der Waals surface area contributed by atoms with E-state index in [2.05, 4.69) is 29.4 Å². The fourth-order valence-electron chi connectivity index (χ4n) is 3.37. The van der Waals surface area contributed by atoms with Crippen LogP contribution in [0.3, 0.4) is 0 Å². The molecule has 0 aliphatic heterocycles. The Hall–Kier alpha value is -2.94. The van der Waals surface area contributed by atoms with Gasteiger partial charge in [-0.1, -0.05) is 13.8 Å². The Kier molecular flexibility index (Phi) is 5.48. The number of nitrogens with one attached hydrogen (secondary N) is 1. The van der Waals surface area contributed by atoms with Crippen LogP contribution in [0.5, 0.6) is 0 Å². The van der Waals surface area contributed by atoms with Crippen molar-refractivity contribution in [1.82, 2.24) is 24.5 Å². The smallest absolute Gasteiger partial charge is 0.272 e. The van der Waals surface area contributed by atoms with Crippen molar-refractivity contribution >= 4 is 33.2 Å². The number of furan rings is 1. The predicted octanol–water partition coefficient (Wildman–Crippen LogP) is 2.99. The molecule has 8 nitrogen and oxygen atoms in total. The predicted molar refractivity (Wildman–Crippen MR) is 111 cm³/mol. The summed E-state index contributed by atoms with van der Waals surface area (Å²) in [4.78, 5) is 24.9. The molecule has 9 heteroatoms. The van der Waals surface area contributed by atoms with Gasteiger partial charge in [-0.3, -0.25) is 18.6 Å². The van der Waals surface area contributed by atoms with Gasteiger partial charge in [0, 0.05) is 19.4 Å². The van der Waals surface area contributed by atoms with Crippen LogP contribution < -0.4 is 10.9 Å². The molecular formula is C20H23N5O3S. The number of carbonyl (C=O) groups excluding carboxylic acids is 1. The van der Waals surface area contributed by atoms with Gasteiger partial charge in [0.15, 0.2) is 0 Å². The van der Waals surface area contributed by atoms with Crippen LogP contribution in [-0.2, 0) is 24.3 Å². The zero-order valence-electron chi connectivity index (χ0n) is 16.4. The number of nitrogens with zero attached hydrogens (tertiary/aromatic N) is 4. The highest BCUT2D eigenvalue weighted by molar-refractivity contribution is 7.17. The van der Waals surface area contributed by atoms with Crippen LogP contribution in [0.4, 0.5) is 0 Å². The van der Waals surface area contributed by atoms with E-state index in [0.717, 1.165) is 17.1 Å². The molecule has 0 spiro atoms. The molecule has 0 atom stereocenters. The Labute approximate surface area is 171 Å². The first kappa shape index (κ1) is 19.4. The quantitative estimate of drug-likeness (QED) is 0.479. The first-order valence-corrected chi connectivity index (χ1v) is 10.6. The first-order chi connectivity index (χ1) is 14.0. The average molecular weight is 414 g/mol. The Bertz CT molecular complexity index is 1190. The zero-order chi connectivity index (χ0) is 20.4. The van der Waals surface area contributed by atoms with Crippen LogP contribution in [0, 0.1) is 5.92 Å². The van der Waals surface area contributed by atoms with E-state index in [9.17, 15) is 9.59 Å². The van der Waals surface area contributed by atoms with Crippen LogP contribution >= 0.6 is 11.3 Å². The summed E-state index contributed by atoms with van der Waals surface area (Å²) in [6.45, 7) is 5.11. The van der Waals surface area contributed by atoms with Gasteiger partial charge in [0.25, 0.3) is 5.56 Å². The number of fused-ring (bicyclic) bond motifs is 3. The van der Waals surface area contributed by atoms with Crippen molar-refractivity contribution in [1.29, 1.82) is 0 Å². The summed E-state index contributed by atoms with van der Waals surface area (Å²) in [6.07, 6.45) is 3.20. The van der Waals surface area contributed by atoms with Crippen molar-refractivity contribution in [3.05, 3.63) is 51.8 Å². The number of rotatable bonds is 8. The SMILES string of the molecule is CC(C)Cn1c(=O)c2sccc2n2c(CCCC(=O)NCc3ccco3)nnc12. The Balaban J connectivity index is 1.51. The molecule has 4 aromatic rings. The maximum Gasteiger partial charge on any atom is 0.272 e. The minimum absolute atomic E-state index is 0.0209. The molecule has 0 fully saturated rings. The maximum atomic E-state index is 12.9. The standard InChI is InChI=1S/C20H23N5O3S/c1-13(2)12-24-19(27)18-15(8-10-29-18)25-16(22-23-20(24)25)6-3-7-17(26)21-11-14-5-4-9-28-14/h4-5,8-10,13H,3,6-7,11-12H2,1-2H3,(H,21,26). The monoisotopic (exact) mass is 413 g/mol. The van der Waals surface area contributed by atoms with E-state index in [0.29, 0.717) is 48.7 Å². The number of carbonyl (C=O) groups is 1. The number of thiophene rings is 1. The molecular weight excluding hydrogens is 390 g/mol. The summed E-state index contributed by atoms with van der Waals surface area (Å²) in [7, 11) is 0. The molecule has 0 aromatic carbocycles. The van der Waals surface area contributed by atoms with E-state index >= 15 is 0 Å². The van der Waals surface area contributed by atoms with Crippen LogP contribution in [0.25, 0.3) is 16.0 Å². The van der Waals surface area contributed by atoms with Crippen LogP contribution in [0.2, 0.25) is 0 Å². The lowest BCUT2D eigenvalue weighted by Gasteiger charge is -2.11. The van der Waals surface area contributed by atoms with Gasteiger partial charge >= 0.3 is 0 Å². The molecule has 0 aliphatic carbocycles. The van der Waals surface area contributed by atoms with Crippen molar-refractivity contribution in [2.24, 2.45) is 5.92 Å². The van der Waals surface area contributed by atoms with E-state index in [1.807, 2.05) is 21.9 Å². The van der Waals surface area contributed by atoms with Gasteiger partial charge in [-0.05, 0) is 35.9 Å². The van der Waals surface area contributed by atoms with E-state index in [1.165, 1.54) is 11.3 Å². The fraction of sp³-hybridized carbons (Fsp3) is 0.400. The summed E-state index contributed by atoms with van der Waals surface area (Å²) in [5.74, 6) is 2.33. The topological polar surface area (TPSA) is 94.4 Å². The molecule has 152 valence electrons. The third-order valence-electron chi connectivity index (χ3n) is 4.67. The van der Waals surface area contributed by atoms with Gasteiger partial charge in [-0.15, -0.1) is 21.5 Å². The lowest BCUT2D eigenvalue weighted by atomic mass is 10.2. The van der Waals surface area contributed by atoms with E-state index in [4.69, 9.17) is 4.42 Å². The van der Waals surface area contributed by atoms with Gasteiger partial charge < -0.3 is 9.73 Å². The van der Waals surface area contributed by atoms with E-state index in [1.54, 1.807) is 16.9 Å². The van der Waals surface area contributed by atoms with Crippen molar-refractivity contribution in [2.75, 3.05) is 0 Å². The Morgan fingerprint density at radius 2 is 2.17 bits per heavy atom. The Morgan fingerprint density at radius 1 is 1.31 bits per heavy atom. The Morgan fingerprint density at radius 3 is 2.93 bits per heavy atom. The maximum absolute atomic E-state index is 12.9. The second-order valence-electron chi connectivity index (χ2n) is 7.41. The fourth-order valence-corrected chi connectivity index (χ4v) is 4.19. The van der Waals surface area contributed by atoms with Crippen molar-refractivity contribution in [2.45, 2.75) is 46.2 Å². The second kappa shape index (κ2) is 8.20. The largest absolute Gasteiger partial charge is 0.467 e. The highest BCUT2D eigenvalue weighted by Crippen LogP contribution is 2.21. The highest BCUT2D eigenvalue weighted by Gasteiger charge is 2.18. The number of aromatic nitrogens is 4. The summed E-state index contributed by atoms with van der Waals surface area (Å²) in [5.41, 5.74) is 0.810. The number of hydrogen-bond acceptors (Lipinski definition) is 6. The van der Waals surface area contributed by atoms with Crippen molar-refractivity contribution in [3.63, 3.8) is 0 Å². The van der Waals surface area contributed by atoms with Crippen LogP contribution in [-0.4, -0.2) is 25.1 Å². The molecule has 1 N–H and O–H groups in total. The normalized spacial score (nSPS) is 11.7. The van der Waals surface area contributed by atoms with E-state index < -0.39 is 0 Å². The molecule has 1 amide bonds. The molecule has 0 saturated heterocycles. The van der Waals surface area contributed by atoms with Crippen molar-refractivity contribution in [3.8, 4) is 0 Å². The molecule has 4 rings (SSSR count). The summed E-state index contributed by atoms with van der Waals surface area (Å²) in [5, 5.41) is 13.4. The second-order valence-corrected chi connectivity index (χ2v) is 8.32. The molecule has 0 unspecified atom stereocenters. The van der Waals surface area contributed by atoms with Gasteiger partial charge in [0.1, 0.15) is 16.3 Å². The van der Waals surface area contributed by atoms with Crippen molar-refractivity contribution < 1.29 is 9.21 Å². The summed E-state index contributed by atoms with van der Waals surface area (Å²) >= 11 is 1.43. The first-order valence-electron chi connectivity index (χ1n) is 9.67. The zero-order valence-corrected chi connectivity index (χ0v) is 17.2. The molecule has 4 aromatic heterocycles. The molecule has 4 heterocycles. The minimum Gasteiger partial charge on any atom is -0.467 e. The highest BCUT2D eigenvalue weighted by atomic mass is 32.1. The van der Waals surface area contributed by atoms with Crippen LogP contribution in [0.15, 0.2) is 39.1 Å². The summed E-state index contributed by atoms with van der Waals surface area (Å²) < 4.78 is 9.58. The molecule has 29 heavy (non-hydrogen) atoms. The third-order valence-corrected chi connectivity index (χ3v) is 5.56. The number of amides is 1. The van der Waals surface area contributed by atoms with Gasteiger partial charge in [-0.2, -0.15) is 0 Å². The average Bonchev–Trinajstić information content (AvgIpc) is 3.43. The van der Waals surface area contributed by atoms with Gasteiger partial charge in [0.05, 0.1) is 18.3 Å². The third kappa shape index (κ3) is 3.95. The van der Waals surface area contributed by atoms with Gasteiger partial charge in [-0.25, -0.2) is 0 Å². The molecule has 0 saturated carbocycles.